The Morgan fingerprint density at radius 2 is 1.90 bits per heavy atom. The lowest BCUT2D eigenvalue weighted by Gasteiger charge is -2.38. The summed E-state index contributed by atoms with van der Waals surface area (Å²) >= 11 is 0. The van der Waals surface area contributed by atoms with Gasteiger partial charge in [0.1, 0.15) is 0 Å². The van der Waals surface area contributed by atoms with Crippen molar-refractivity contribution in [3.8, 4) is 0 Å². The number of nitrogens with one attached hydrogen (secondary N) is 1. The average Bonchev–Trinajstić information content (AvgIpc) is 2.53. The fraction of sp³-hybridized carbons (Fsp3) is 0.684. The third-order valence-electron chi connectivity index (χ3n) is 4.96. The molecule has 1 heterocycles. The minimum atomic E-state index is 0.457. The van der Waals surface area contributed by atoms with Gasteiger partial charge in [0.05, 0.1) is 0 Å². The van der Waals surface area contributed by atoms with Crippen molar-refractivity contribution in [2.75, 3.05) is 19.6 Å². The van der Waals surface area contributed by atoms with Gasteiger partial charge < -0.3 is 10.2 Å². The molecule has 2 rings (SSSR count). The van der Waals surface area contributed by atoms with Crippen molar-refractivity contribution in [2.45, 2.75) is 52.6 Å². The maximum absolute atomic E-state index is 3.92. The molecule has 1 aromatic carbocycles. The van der Waals surface area contributed by atoms with Gasteiger partial charge >= 0.3 is 0 Å². The third-order valence-corrected chi connectivity index (χ3v) is 4.96. The van der Waals surface area contributed by atoms with E-state index in [1.807, 2.05) is 0 Å². The van der Waals surface area contributed by atoms with Crippen molar-refractivity contribution in [3.63, 3.8) is 0 Å². The molecule has 2 heteroatoms. The van der Waals surface area contributed by atoms with Crippen molar-refractivity contribution in [1.29, 1.82) is 0 Å². The molecule has 0 radical (unpaired) electrons. The third kappa shape index (κ3) is 4.55. The van der Waals surface area contributed by atoms with Gasteiger partial charge in [-0.3, -0.25) is 0 Å². The zero-order valence-corrected chi connectivity index (χ0v) is 14.2. The van der Waals surface area contributed by atoms with E-state index < -0.39 is 0 Å². The normalized spacial score (nSPS) is 23.2. The molecular formula is C19H32N2. The molecule has 0 bridgehead atoms. The first-order valence-corrected chi connectivity index (χ1v) is 8.65. The van der Waals surface area contributed by atoms with E-state index in [1.165, 1.54) is 38.0 Å². The molecule has 1 N–H and O–H groups in total. The number of likely N-dealkylation sites (tertiary alicyclic amines) is 1. The predicted molar refractivity (Wildman–Crippen MR) is 91.5 cm³/mol. The van der Waals surface area contributed by atoms with Crippen molar-refractivity contribution in [2.24, 2.45) is 11.8 Å². The summed E-state index contributed by atoms with van der Waals surface area (Å²) < 4.78 is 0. The average molecular weight is 288 g/mol. The number of benzene rings is 1. The molecule has 0 aromatic heterocycles. The van der Waals surface area contributed by atoms with Crippen LogP contribution in [0, 0.1) is 11.8 Å². The van der Waals surface area contributed by atoms with Gasteiger partial charge in [-0.25, -0.2) is 0 Å². The van der Waals surface area contributed by atoms with E-state index in [4.69, 9.17) is 0 Å². The van der Waals surface area contributed by atoms with Crippen LogP contribution in [0.5, 0.6) is 0 Å². The smallest absolute Gasteiger partial charge is 0.0345 e. The quantitative estimate of drug-likeness (QED) is 0.848. The van der Waals surface area contributed by atoms with Crippen LogP contribution in [-0.4, -0.2) is 30.6 Å². The van der Waals surface area contributed by atoms with Gasteiger partial charge in [-0.05, 0) is 50.3 Å². The number of hydrogen-bond donors (Lipinski definition) is 1. The van der Waals surface area contributed by atoms with E-state index in [9.17, 15) is 0 Å². The van der Waals surface area contributed by atoms with Crippen LogP contribution in [0.15, 0.2) is 30.3 Å². The van der Waals surface area contributed by atoms with Crippen molar-refractivity contribution in [3.05, 3.63) is 35.9 Å². The predicted octanol–water partition coefficient (Wildman–Crippen LogP) is 4.09. The highest BCUT2D eigenvalue weighted by molar-refractivity contribution is 5.19. The molecule has 118 valence electrons. The summed E-state index contributed by atoms with van der Waals surface area (Å²) in [7, 11) is 0. The van der Waals surface area contributed by atoms with E-state index in [0.29, 0.717) is 18.0 Å². The highest BCUT2D eigenvalue weighted by Crippen LogP contribution is 2.26. The zero-order valence-electron chi connectivity index (χ0n) is 14.2. The Balaban J connectivity index is 2.00. The second kappa shape index (κ2) is 7.95. The minimum absolute atomic E-state index is 0.457. The Morgan fingerprint density at radius 3 is 2.52 bits per heavy atom. The highest BCUT2D eigenvalue weighted by Gasteiger charge is 2.26. The monoisotopic (exact) mass is 288 g/mol. The maximum atomic E-state index is 3.92. The summed E-state index contributed by atoms with van der Waals surface area (Å²) in [5.41, 5.74) is 1.42. The molecule has 1 aliphatic heterocycles. The van der Waals surface area contributed by atoms with Gasteiger partial charge in [0.15, 0.2) is 0 Å². The molecule has 1 fully saturated rings. The van der Waals surface area contributed by atoms with E-state index in [0.717, 1.165) is 5.92 Å². The first kappa shape index (κ1) is 16.5. The Morgan fingerprint density at radius 1 is 1.19 bits per heavy atom. The van der Waals surface area contributed by atoms with Gasteiger partial charge in [-0.15, -0.1) is 0 Å². The standard InChI is InChI=1S/C19H32N2/c1-5-21-13-9-12-18(14-21)16(4)20-19(15(2)3)17-10-7-6-8-11-17/h6-8,10-11,15-16,18-20H,5,9,12-14H2,1-4H3. The second-order valence-corrected chi connectivity index (χ2v) is 6.88. The van der Waals surface area contributed by atoms with Crippen LogP contribution in [-0.2, 0) is 0 Å². The van der Waals surface area contributed by atoms with Gasteiger partial charge in [0.2, 0.25) is 0 Å². The number of nitrogens with zero attached hydrogens (tertiary/aromatic N) is 1. The molecule has 1 saturated heterocycles. The Labute approximate surface area is 130 Å². The van der Waals surface area contributed by atoms with Crippen molar-refractivity contribution < 1.29 is 0 Å². The van der Waals surface area contributed by atoms with Gasteiger partial charge in [0.25, 0.3) is 0 Å². The molecule has 0 amide bonds. The van der Waals surface area contributed by atoms with Gasteiger partial charge in [-0.2, -0.15) is 0 Å². The summed E-state index contributed by atoms with van der Waals surface area (Å²) in [4.78, 5) is 2.60. The van der Waals surface area contributed by atoms with E-state index in [2.05, 4.69) is 68.2 Å². The van der Waals surface area contributed by atoms with Crippen LogP contribution in [0.2, 0.25) is 0 Å². The topological polar surface area (TPSA) is 15.3 Å². The van der Waals surface area contributed by atoms with Gasteiger partial charge in [-0.1, -0.05) is 51.1 Å². The lowest BCUT2D eigenvalue weighted by molar-refractivity contribution is 0.148. The van der Waals surface area contributed by atoms with Crippen LogP contribution in [0.1, 0.15) is 52.1 Å². The van der Waals surface area contributed by atoms with Crippen LogP contribution < -0.4 is 5.32 Å². The molecule has 0 spiro atoms. The van der Waals surface area contributed by atoms with Crippen LogP contribution in [0.25, 0.3) is 0 Å². The molecule has 0 saturated carbocycles. The van der Waals surface area contributed by atoms with E-state index in [1.54, 1.807) is 0 Å². The first-order chi connectivity index (χ1) is 10.1. The Hall–Kier alpha value is -0.860. The maximum Gasteiger partial charge on any atom is 0.0345 e. The zero-order chi connectivity index (χ0) is 15.2. The molecule has 21 heavy (non-hydrogen) atoms. The molecular weight excluding hydrogens is 256 g/mol. The first-order valence-electron chi connectivity index (χ1n) is 8.65. The lowest BCUT2D eigenvalue weighted by atomic mass is 9.88. The van der Waals surface area contributed by atoms with Crippen molar-refractivity contribution >= 4 is 0 Å². The van der Waals surface area contributed by atoms with E-state index in [-0.39, 0.29) is 0 Å². The summed E-state index contributed by atoms with van der Waals surface area (Å²) in [6, 6.07) is 11.9. The van der Waals surface area contributed by atoms with E-state index >= 15 is 0 Å². The fourth-order valence-corrected chi connectivity index (χ4v) is 3.54. The number of piperidine rings is 1. The number of rotatable bonds is 6. The largest absolute Gasteiger partial charge is 0.307 e. The second-order valence-electron chi connectivity index (χ2n) is 6.88. The van der Waals surface area contributed by atoms with Crippen LogP contribution in [0.3, 0.4) is 0 Å². The summed E-state index contributed by atoms with van der Waals surface area (Å²) in [5, 5.41) is 3.92. The Bertz CT molecular complexity index is 401. The Kier molecular flexibility index (Phi) is 6.25. The van der Waals surface area contributed by atoms with Gasteiger partial charge in [0, 0.05) is 18.6 Å². The molecule has 1 aromatic rings. The van der Waals surface area contributed by atoms with Crippen LogP contribution in [0.4, 0.5) is 0 Å². The molecule has 0 aliphatic carbocycles. The van der Waals surface area contributed by atoms with Crippen molar-refractivity contribution in [1.82, 2.24) is 10.2 Å². The van der Waals surface area contributed by atoms with Crippen LogP contribution >= 0.6 is 0 Å². The highest BCUT2D eigenvalue weighted by atomic mass is 15.1. The lowest BCUT2D eigenvalue weighted by Crippen LogP contribution is -2.46. The molecule has 3 unspecified atom stereocenters. The molecule has 3 atom stereocenters. The molecule has 1 aliphatic rings. The summed E-state index contributed by atoms with van der Waals surface area (Å²) in [5.74, 6) is 1.39. The SMILES string of the molecule is CCN1CCCC(C(C)NC(c2ccccc2)C(C)C)C1. The minimum Gasteiger partial charge on any atom is -0.307 e. The summed E-state index contributed by atoms with van der Waals surface area (Å²) in [6.07, 6.45) is 2.71. The summed E-state index contributed by atoms with van der Waals surface area (Å²) in [6.45, 7) is 13.0. The number of hydrogen-bond acceptors (Lipinski definition) is 2. The molecule has 2 nitrogen and oxygen atoms in total. The fourth-order valence-electron chi connectivity index (χ4n) is 3.54.